The predicted molar refractivity (Wildman–Crippen MR) is 102 cm³/mol. The molecule has 1 aromatic heterocycles. The summed E-state index contributed by atoms with van der Waals surface area (Å²) < 4.78 is 24.4. The molecule has 27 heavy (non-hydrogen) atoms. The fraction of sp³-hybridized carbons (Fsp3) is 0.318. The quantitative estimate of drug-likeness (QED) is 0.653. The van der Waals surface area contributed by atoms with Crippen molar-refractivity contribution in [3.05, 3.63) is 81.0 Å². The highest BCUT2D eigenvalue weighted by atomic mass is 19.1. The summed E-state index contributed by atoms with van der Waals surface area (Å²) in [6, 6.07) is 12.0. The first-order valence-corrected chi connectivity index (χ1v) is 9.13. The fourth-order valence-corrected chi connectivity index (χ4v) is 3.58. The second-order valence-corrected chi connectivity index (χ2v) is 7.17. The van der Waals surface area contributed by atoms with Gasteiger partial charge in [-0.15, -0.1) is 0 Å². The van der Waals surface area contributed by atoms with Crippen LogP contribution in [0.5, 0.6) is 0 Å². The van der Waals surface area contributed by atoms with Crippen LogP contribution < -0.4 is 5.63 Å². The normalized spacial score (nSPS) is 18.1. The molecule has 5 heteroatoms. The van der Waals surface area contributed by atoms with E-state index in [4.69, 9.17) is 9.15 Å². The summed E-state index contributed by atoms with van der Waals surface area (Å²) in [5.74, 6) is -0.250. The number of ether oxygens (including phenoxy) is 1. The standard InChI is InChI=1S/C22H22FNO3/c1-14-9-19-17(11-22(25)27-20(19)10-15(14)2)12-24-7-8-26-21(13-24)16-3-5-18(23)6-4-16/h3-6,9-11,21H,7-8,12-13H2,1-2H3. The number of hydrogen-bond acceptors (Lipinski definition) is 4. The Labute approximate surface area is 157 Å². The summed E-state index contributed by atoms with van der Waals surface area (Å²) in [5, 5.41) is 0.975. The Bertz CT molecular complexity index is 1030. The summed E-state index contributed by atoms with van der Waals surface area (Å²) in [6.07, 6.45) is -0.102. The first-order valence-electron chi connectivity index (χ1n) is 9.13. The van der Waals surface area contributed by atoms with Gasteiger partial charge in [0.1, 0.15) is 11.4 Å². The van der Waals surface area contributed by atoms with Gasteiger partial charge in [0.05, 0.1) is 12.7 Å². The van der Waals surface area contributed by atoms with Crippen molar-refractivity contribution in [3.63, 3.8) is 0 Å². The molecule has 1 atom stereocenters. The zero-order valence-corrected chi connectivity index (χ0v) is 15.5. The minimum absolute atomic E-state index is 0.102. The van der Waals surface area contributed by atoms with Crippen molar-refractivity contribution in [2.24, 2.45) is 0 Å². The zero-order chi connectivity index (χ0) is 19.0. The molecule has 3 aromatic rings. The van der Waals surface area contributed by atoms with Crippen LogP contribution in [-0.4, -0.2) is 24.6 Å². The van der Waals surface area contributed by atoms with E-state index in [0.717, 1.165) is 28.6 Å². The molecule has 0 N–H and O–H groups in total. The van der Waals surface area contributed by atoms with Gasteiger partial charge in [0.15, 0.2) is 0 Å². The van der Waals surface area contributed by atoms with Crippen LogP contribution in [0.2, 0.25) is 0 Å². The first-order chi connectivity index (χ1) is 13.0. The number of nitrogens with zero attached hydrogens (tertiary/aromatic N) is 1. The van der Waals surface area contributed by atoms with Gasteiger partial charge >= 0.3 is 5.63 Å². The molecule has 4 rings (SSSR count). The average molecular weight is 367 g/mol. The van der Waals surface area contributed by atoms with Crippen LogP contribution in [0, 0.1) is 19.7 Å². The SMILES string of the molecule is Cc1cc2oc(=O)cc(CN3CCOC(c4ccc(F)cc4)C3)c2cc1C. The lowest BCUT2D eigenvalue weighted by Gasteiger charge is -2.33. The average Bonchev–Trinajstić information content (AvgIpc) is 2.64. The third-order valence-electron chi connectivity index (χ3n) is 5.23. The minimum atomic E-state index is -0.330. The maximum Gasteiger partial charge on any atom is 0.336 e. The van der Waals surface area contributed by atoms with Gasteiger partial charge in [-0.1, -0.05) is 12.1 Å². The Morgan fingerprint density at radius 3 is 2.63 bits per heavy atom. The van der Waals surface area contributed by atoms with Crippen molar-refractivity contribution < 1.29 is 13.5 Å². The highest BCUT2D eigenvalue weighted by molar-refractivity contribution is 5.81. The number of rotatable bonds is 3. The van der Waals surface area contributed by atoms with E-state index in [1.807, 2.05) is 13.0 Å². The van der Waals surface area contributed by atoms with Crippen LogP contribution >= 0.6 is 0 Å². The predicted octanol–water partition coefficient (Wildman–Crippen LogP) is 4.12. The highest BCUT2D eigenvalue weighted by Crippen LogP contribution is 2.26. The molecule has 4 nitrogen and oxygen atoms in total. The van der Waals surface area contributed by atoms with Gasteiger partial charge in [0, 0.05) is 31.1 Å². The van der Waals surface area contributed by atoms with Gasteiger partial charge in [-0.2, -0.15) is 0 Å². The molecule has 0 amide bonds. The monoisotopic (exact) mass is 367 g/mol. The highest BCUT2D eigenvalue weighted by Gasteiger charge is 2.23. The molecule has 0 saturated carbocycles. The molecule has 0 aliphatic carbocycles. The van der Waals surface area contributed by atoms with Gasteiger partial charge in [-0.05, 0) is 60.4 Å². The maximum atomic E-state index is 13.2. The van der Waals surface area contributed by atoms with E-state index in [-0.39, 0.29) is 17.5 Å². The second-order valence-electron chi connectivity index (χ2n) is 7.17. The third kappa shape index (κ3) is 3.80. The molecule has 1 fully saturated rings. The second kappa shape index (κ2) is 7.25. The Morgan fingerprint density at radius 1 is 1.11 bits per heavy atom. The number of hydrogen-bond donors (Lipinski definition) is 0. The van der Waals surface area contributed by atoms with Gasteiger partial charge in [0.25, 0.3) is 0 Å². The largest absolute Gasteiger partial charge is 0.423 e. The van der Waals surface area contributed by atoms with Gasteiger partial charge in [-0.25, -0.2) is 9.18 Å². The summed E-state index contributed by atoms with van der Waals surface area (Å²) in [4.78, 5) is 14.3. The molecule has 2 aromatic carbocycles. The minimum Gasteiger partial charge on any atom is -0.423 e. The van der Waals surface area contributed by atoms with Crippen molar-refractivity contribution in [1.82, 2.24) is 4.90 Å². The van der Waals surface area contributed by atoms with Crippen molar-refractivity contribution in [2.45, 2.75) is 26.5 Å². The van der Waals surface area contributed by atoms with Gasteiger partial charge in [-0.3, -0.25) is 4.90 Å². The van der Waals surface area contributed by atoms with Gasteiger partial charge in [0.2, 0.25) is 0 Å². The van der Waals surface area contributed by atoms with E-state index >= 15 is 0 Å². The molecule has 140 valence electrons. The third-order valence-corrected chi connectivity index (χ3v) is 5.23. The molecule has 0 spiro atoms. The van der Waals surface area contributed by atoms with Crippen molar-refractivity contribution >= 4 is 11.0 Å². The number of halogens is 1. The van der Waals surface area contributed by atoms with Crippen LogP contribution in [0.25, 0.3) is 11.0 Å². The van der Waals surface area contributed by atoms with Crippen LogP contribution in [-0.2, 0) is 11.3 Å². The zero-order valence-electron chi connectivity index (χ0n) is 15.5. The summed E-state index contributed by atoms with van der Waals surface area (Å²) >= 11 is 0. The van der Waals surface area contributed by atoms with Crippen LogP contribution in [0.15, 0.2) is 51.7 Å². The van der Waals surface area contributed by atoms with E-state index < -0.39 is 0 Å². The molecular weight excluding hydrogens is 345 g/mol. The number of benzene rings is 2. The van der Waals surface area contributed by atoms with Crippen LogP contribution in [0.1, 0.15) is 28.4 Å². The van der Waals surface area contributed by atoms with Crippen molar-refractivity contribution in [2.75, 3.05) is 19.7 Å². The molecule has 1 saturated heterocycles. The van der Waals surface area contributed by atoms with Crippen LogP contribution in [0.3, 0.4) is 0 Å². The lowest BCUT2D eigenvalue weighted by atomic mass is 10.0. The molecule has 1 aliphatic rings. The topological polar surface area (TPSA) is 42.7 Å². The summed E-state index contributed by atoms with van der Waals surface area (Å²) in [5.41, 5.74) is 4.50. The van der Waals surface area contributed by atoms with E-state index in [0.29, 0.717) is 25.3 Å². The Balaban J connectivity index is 1.61. The molecule has 0 radical (unpaired) electrons. The molecule has 1 aliphatic heterocycles. The summed E-state index contributed by atoms with van der Waals surface area (Å²) in [6.45, 7) is 6.79. The van der Waals surface area contributed by atoms with Crippen molar-refractivity contribution in [1.29, 1.82) is 0 Å². The Morgan fingerprint density at radius 2 is 1.85 bits per heavy atom. The smallest absolute Gasteiger partial charge is 0.336 e. The summed E-state index contributed by atoms with van der Waals surface area (Å²) in [7, 11) is 0. The molecule has 0 bridgehead atoms. The molecule has 2 heterocycles. The number of fused-ring (bicyclic) bond motifs is 1. The van der Waals surface area contributed by atoms with Crippen LogP contribution in [0.4, 0.5) is 4.39 Å². The maximum absolute atomic E-state index is 13.2. The van der Waals surface area contributed by atoms with Crippen molar-refractivity contribution in [3.8, 4) is 0 Å². The lowest BCUT2D eigenvalue weighted by Crippen LogP contribution is -2.38. The Kier molecular flexibility index (Phi) is 4.81. The van der Waals surface area contributed by atoms with Gasteiger partial charge < -0.3 is 9.15 Å². The lowest BCUT2D eigenvalue weighted by molar-refractivity contribution is -0.0328. The van der Waals surface area contributed by atoms with E-state index in [9.17, 15) is 9.18 Å². The fourth-order valence-electron chi connectivity index (χ4n) is 3.58. The number of aryl methyl sites for hydroxylation is 2. The first kappa shape index (κ1) is 17.9. The Hall–Kier alpha value is -2.50. The van der Waals surface area contributed by atoms with E-state index in [2.05, 4.69) is 17.9 Å². The van der Waals surface area contributed by atoms with E-state index in [1.54, 1.807) is 18.2 Å². The molecular formula is C22H22FNO3. The van der Waals surface area contributed by atoms with E-state index in [1.165, 1.54) is 17.7 Å². The number of morpholine rings is 1. The molecule has 1 unspecified atom stereocenters.